The van der Waals surface area contributed by atoms with E-state index in [1.54, 1.807) is 9.80 Å². The van der Waals surface area contributed by atoms with E-state index in [4.69, 9.17) is 9.47 Å². The highest BCUT2D eigenvalue weighted by molar-refractivity contribution is 5.73. The van der Waals surface area contributed by atoms with E-state index in [2.05, 4.69) is 0 Å². The zero-order valence-electron chi connectivity index (χ0n) is 13.7. The third-order valence-electron chi connectivity index (χ3n) is 3.97. The van der Waals surface area contributed by atoms with E-state index in [0.717, 1.165) is 5.56 Å². The Balaban J connectivity index is 1.66. The van der Waals surface area contributed by atoms with Crippen molar-refractivity contribution < 1.29 is 19.1 Å². The molecule has 2 atom stereocenters. The summed E-state index contributed by atoms with van der Waals surface area (Å²) in [5.41, 5.74) is 0.510. The molecule has 1 aromatic rings. The van der Waals surface area contributed by atoms with E-state index in [-0.39, 0.29) is 24.3 Å². The van der Waals surface area contributed by atoms with Gasteiger partial charge in [0.25, 0.3) is 0 Å². The van der Waals surface area contributed by atoms with Gasteiger partial charge in [0.05, 0.1) is 12.6 Å². The molecular weight excluding hydrogens is 296 g/mol. The number of fused-ring (bicyclic) bond motifs is 1. The maximum atomic E-state index is 12.2. The van der Waals surface area contributed by atoms with Crippen molar-refractivity contribution in [1.82, 2.24) is 9.80 Å². The molecule has 2 saturated heterocycles. The molecular formula is C17H22N2O4. The molecule has 6 heteroatoms. The Hall–Kier alpha value is -2.24. The smallest absolute Gasteiger partial charge is 0.410 e. The molecule has 2 aliphatic heterocycles. The summed E-state index contributed by atoms with van der Waals surface area (Å²) < 4.78 is 10.8. The fraction of sp³-hybridized carbons (Fsp3) is 0.529. The third kappa shape index (κ3) is 3.41. The largest absolute Gasteiger partial charge is 0.444 e. The first-order chi connectivity index (χ1) is 10.8. The Bertz CT molecular complexity index is 596. The van der Waals surface area contributed by atoms with Crippen LogP contribution in [-0.4, -0.2) is 52.8 Å². The van der Waals surface area contributed by atoms with Gasteiger partial charge in [-0.1, -0.05) is 30.3 Å². The fourth-order valence-electron chi connectivity index (χ4n) is 2.94. The first kappa shape index (κ1) is 15.6. The number of carbonyl (C=O) groups is 2. The monoisotopic (exact) mass is 318 g/mol. The van der Waals surface area contributed by atoms with Crippen LogP contribution in [0.5, 0.6) is 0 Å². The Kier molecular flexibility index (Phi) is 3.92. The molecule has 0 N–H and O–H groups in total. The number of ether oxygens (including phenoxy) is 2. The van der Waals surface area contributed by atoms with Gasteiger partial charge in [0.15, 0.2) is 0 Å². The van der Waals surface area contributed by atoms with Crippen molar-refractivity contribution in [3.05, 3.63) is 35.9 Å². The van der Waals surface area contributed by atoms with Crippen LogP contribution in [0.4, 0.5) is 9.59 Å². The van der Waals surface area contributed by atoms with E-state index >= 15 is 0 Å². The first-order valence-electron chi connectivity index (χ1n) is 7.82. The highest BCUT2D eigenvalue weighted by atomic mass is 16.6. The summed E-state index contributed by atoms with van der Waals surface area (Å²) in [5.74, 6) is 0. The van der Waals surface area contributed by atoms with E-state index in [0.29, 0.717) is 19.6 Å². The number of hydrogen-bond donors (Lipinski definition) is 0. The topological polar surface area (TPSA) is 59.1 Å². The van der Waals surface area contributed by atoms with Gasteiger partial charge in [-0.05, 0) is 26.3 Å². The Labute approximate surface area is 136 Å². The molecule has 2 amide bonds. The molecule has 0 spiro atoms. The van der Waals surface area contributed by atoms with Crippen molar-refractivity contribution in [1.29, 1.82) is 0 Å². The summed E-state index contributed by atoms with van der Waals surface area (Å²) in [6, 6.07) is 9.65. The molecule has 2 aliphatic rings. The summed E-state index contributed by atoms with van der Waals surface area (Å²) in [7, 11) is 0. The standard InChI is InChI=1S/C17H22N2O4/c1-17(2,3)23-15(20)18-10-13-14(11-18)22-16(21)19(13)9-12-7-5-4-6-8-12/h4-8,13-14H,9-11H2,1-3H3/t13-,14-/m1/s1. The lowest BCUT2D eigenvalue weighted by molar-refractivity contribution is 0.0245. The van der Waals surface area contributed by atoms with Crippen LogP contribution in [0.25, 0.3) is 0 Å². The second-order valence-electron chi connectivity index (χ2n) is 6.99. The predicted molar refractivity (Wildman–Crippen MR) is 83.8 cm³/mol. The molecule has 1 aromatic carbocycles. The molecule has 0 radical (unpaired) electrons. The van der Waals surface area contributed by atoms with Gasteiger partial charge in [0.2, 0.25) is 0 Å². The molecule has 0 aliphatic carbocycles. The first-order valence-corrected chi connectivity index (χ1v) is 7.82. The van der Waals surface area contributed by atoms with E-state index in [9.17, 15) is 9.59 Å². The molecule has 23 heavy (non-hydrogen) atoms. The predicted octanol–water partition coefficient (Wildman–Crippen LogP) is 2.63. The Morgan fingerprint density at radius 3 is 2.61 bits per heavy atom. The minimum atomic E-state index is -0.533. The highest BCUT2D eigenvalue weighted by Crippen LogP contribution is 2.29. The van der Waals surface area contributed by atoms with Crippen molar-refractivity contribution in [2.45, 2.75) is 45.1 Å². The number of amides is 2. The van der Waals surface area contributed by atoms with Crippen LogP contribution in [-0.2, 0) is 16.0 Å². The van der Waals surface area contributed by atoms with Gasteiger partial charge in [0, 0.05) is 13.1 Å². The third-order valence-corrected chi connectivity index (χ3v) is 3.97. The van der Waals surface area contributed by atoms with E-state index in [1.165, 1.54) is 0 Å². The SMILES string of the molecule is CC(C)(C)OC(=O)N1C[C@@H]2[C@@H](C1)OC(=O)N2Cc1ccccc1. The Morgan fingerprint density at radius 2 is 1.96 bits per heavy atom. The second kappa shape index (κ2) is 5.76. The van der Waals surface area contributed by atoms with Gasteiger partial charge in [-0.15, -0.1) is 0 Å². The quantitative estimate of drug-likeness (QED) is 0.841. The van der Waals surface area contributed by atoms with Gasteiger partial charge in [-0.25, -0.2) is 9.59 Å². The summed E-state index contributed by atoms with van der Waals surface area (Å²) in [4.78, 5) is 27.6. The average Bonchev–Trinajstić information content (AvgIpc) is 2.98. The lowest BCUT2D eigenvalue weighted by atomic mass is 10.1. The number of rotatable bonds is 2. The van der Waals surface area contributed by atoms with Crippen molar-refractivity contribution in [3.8, 4) is 0 Å². The average molecular weight is 318 g/mol. The molecule has 2 fully saturated rings. The number of hydrogen-bond acceptors (Lipinski definition) is 4. The van der Waals surface area contributed by atoms with Gasteiger partial charge < -0.3 is 14.4 Å². The summed E-state index contributed by atoms with van der Waals surface area (Å²) in [6.07, 6.45) is -0.950. The molecule has 0 saturated carbocycles. The lowest BCUT2D eigenvalue weighted by Crippen LogP contribution is -2.40. The van der Waals surface area contributed by atoms with Crippen LogP contribution in [0.1, 0.15) is 26.3 Å². The number of carbonyl (C=O) groups excluding carboxylic acids is 2. The molecule has 0 bridgehead atoms. The van der Waals surface area contributed by atoms with Crippen LogP contribution in [0.15, 0.2) is 30.3 Å². The molecule has 124 valence electrons. The normalized spacial score (nSPS) is 23.7. The molecule has 3 rings (SSSR count). The Morgan fingerprint density at radius 1 is 1.26 bits per heavy atom. The molecule has 0 unspecified atom stereocenters. The van der Waals surface area contributed by atoms with Crippen molar-refractivity contribution in [2.24, 2.45) is 0 Å². The number of likely N-dealkylation sites (tertiary alicyclic amines) is 1. The number of benzene rings is 1. The van der Waals surface area contributed by atoms with Crippen molar-refractivity contribution >= 4 is 12.2 Å². The van der Waals surface area contributed by atoms with E-state index in [1.807, 2.05) is 51.1 Å². The van der Waals surface area contributed by atoms with Gasteiger partial charge >= 0.3 is 12.2 Å². The van der Waals surface area contributed by atoms with Crippen LogP contribution >= 0.6 is 0 Å². The van der Waals surface area contributed by atoms with Crippen LogP contribution in [0.3, 0.4) is 0 Å². The second-order valence-corrected chi connectivity index (χ2v) is 6.99. The summed E-state index contributed by atoms with van der Waals surface area (Å²) >= 11 is 0. The van der Waals surface area contributed by atoms with Crippen LogP contribution in [0, 0.1) is 0 Å². The zero-order chi connectivity index (χ0) is 16.6. The van der Waals surface area contributed by atoms with Crippen molar-refractivity contribution in [2.75, 3.05) is 13.1 Å². The summed E-state index contributed by atoms with van der Waals surface area (Å²) in [6.45, 7) is 6.83. The fourth-order valence-corrected chi connectivity index (χ4v) is 2.94. The minimum absolute atomic E-state index is 0.116. The van der Waals surface area contributed by atoms with Gasteiger partial charge in [0.1, 0.15) is 11.7 Å². The minimum Gasteiger partial charge on any atom is -0.444 e. The molecule has 0 aromatic heterocycles. The zero-order valence-corrected chi connectivity index (χ0v) is 13.7. The maximum Gasteiger partial charge on any atom is 0.410 e. The lowest BCUT2D eigenvalue weighted by Gasteiger charge is -2.26. The van der Waals surface area contributed by atoms with Gasteiger partial charge in [-0.3, -0.25) is 4.90 Å². The van der Waals surface area contributed by atoms with Gasteiger partial charge in [-0.2, -0.15) is 0 Å². The highest BCUT2D eigenvalue weighted by Gasteiger charge is 2.49. The maximum absolute atomic E-state index is 12.2. The van der Waals surface area contributed by atoms with Crippen LogP contribution < -0.4 is 0 Å². The van der Waals surface area contributed by atoms with Crippen molar-refractivity contribution in [3.63, 3.8) is 0 Å². The van der Waals surface area contributed by atoms with E-state index < -0.39 is 5.60 Å². The molecule has 6 nitrogen and oxygen atoms in total. The number of nitrogens with zero attached hydrogens (tertiary/aromatic N) is 2. The summed E-state index contributed by atoms with van der Waals surface area (Å²) in [5, 5.41) is 0. The molecule has 2 heterocycles. The van der Waals surface area contributed by atoms with Crippen LogP contribution in [0.2, 0.25) is 0 Å².